The highest BCUT2D eigenvalue weighted by atomic mass is 33.5. The Bertz CT molecular complexity index is 218. The van der Waals surface area contributed by atoms with E-state index in [9.17, 15) is 8.42 Å². The van der Waals surface area contributed by atoms with Crippen LogP contribution in [0.5, 0.6) is 0 Å². The lowest BCUT2D eigenvalue weighted by atomic mass is 10.0. The van der Waals surface area contributed by atoms with E-state index in [0.717, 1.165) is 12.8 Å². The van der Waals surface area contributed by atoms with Gasteiger partial charge in [0.15, 0.2) is 0 Å². The molecular formula is C8H14O2S3. The topological polar surface area (TPSA) is 34.1 Å². The molecule has 5 heteroatoms. The summed E-state index contributed by atoms with van der Waals surface area (Å²) in [6.45, 7) is 0. The van der Waals surface area contributed by atoms with E-state index in [1.807, 2.05) is 0 Å². The quantitative estimate of drug-likeness (QED) is 0.606. The number of hydrogen-bond donors (Lipinski definition) is 0. The molecule has 76 valence electrons. The third-order valence-corrected chi connectivity index (χ3v) is 10.0. The zero-order valence-electron chi connectivity index (χ0n) is 7.44. The molecule has 0 aromatic rings. The lowest BCUT2D eigenvalue weighted by Crippen LogP contribution is -2.26. The molecule has 1 heterocycles. The second-order valence-corrected chi connectivity index (χ2v) is 9.65. The summed E-state index contributed by atoms with van der Waals surface area (Å²) >= 11 is 0. The first-order valence-electron chi connectivity index (χ1n) is 4.79. The largest absolute Gasteiger partial charge is 0.247 e. The molecule has 1 aliphatic heterocycles. The fraction of sp³-hybridized carbons (Fsp3) is 1.00. The Hall–Kier alpha value is 0.650. The van der Waals surface area contributed by atoms with Crippen LogP contribution in [-0.2, 0) is 19.7 Å². The minimum atomic E-state index is -0.872. The van der Waals surface area contributed by atoms with Crippen molar-refractivity contribution in [2.45, 2.75) is 49.0 Å². The fourth-order valence-corrected chi connectivity index (χ4v) is 10.3. The molecule has 4 atom stereocenters. The zero-order valence-corrected chi connectivity index (χ0v) is 9.89. The molecule has 0 aromatic heterocycles. The van der Waals surface area contributed by atoms with Crippen LogP contribution in [0.15, 0.2) is 0 Å². The Morgan fingerprint density at radius 2 is 1.31 bits per heavy atom. The van der Waals surface area contributed by atoms with Gasteiger partial charge in [-0.3, -0.25) is 0 Å². The van der Waals surface area contributed by atoms with Crippen molar-refractivity contribution in [1.29, 1.82) is 0 Å². The van der Waals surface area contributed by atoms with Crippen molar-refractivity contribution in [3.63, 3.8) is 0 Å². The Morgan fingerprint density at radius 3 is 1.77 bits per heavy atom. The Morgan fingerprint density at radius 1 is 0.846 bits per heavy atom. The van der Waals surface area contributed by atoms with E-state index < -0.39 is 19.7 Å². The van der Waals surface area contributed by atoms with Gasteiger partial charge < -0.3 is 0 Å². The van der Waals surface area contributed by atoms with E-state index in [4.69, 9.17) is 0 Å². The minimum absolute atomic E-state index is 0.228. The smallest absolute Gasteiger partial charge is 0.0979 e. The zero-order chi connectivity index (χ0) is 9.26. The fourth-order valence-electron chi connectivity index (χ4n) is 2.02. The van der Waals surface area contributed by atoms with Crippen LogP contribution < -0.4 is 0 Å². The van der Waals surface area contributed by atoms with E-state index in [0.29, 0.717) is 0 Å². The molecule has 0 N–H and O–H groups in total. The Kier molecular flexibility index (Phi) is 3.48. The van der Waals surface area contributed by atoms with Crippen molar-refractivity contribution < 1.29 is 8.42 Å². The summed E-state index contributed by atoms with van der Waals surface area (Å²) in [4.78, 5) is 0. The summed E-state index contributed by atoms with van der Waals surface area (Å²) in [6, 6.07) is 0. The highest BCUT2D eigenvalue weighted by Crippen LogP contribution is 2.39. The molecule has 1 saturated carbocycles. The van der Waals surface area contributed by atoms with Crippen molar-refractivity contribution in [2.75, 3.05) is 0 Å². The molecule has 2 aliphatic rings. The van der Waals surface area contributed by atoms with Crippen LogP contribution in [-0.4, -0.2) is 18.9 Å². The Balaban J connectivity index is 2.11. The normalized spacial score (nSPS) is 46.5. The van der Waals surface area contributed by atoms with Gasteiger partial charge in [0.25, 0.3) is 0 Å². The maximum absolute atomic E-state index is 11.6. The molecule has 1 saturated heterocycles. The van der Waals surface area contributed by atoms with Gasteiger partial charge in [0.05, 0.1) is 30.2 Å². The molecule has 2 rings (SSSR count). The van der Waals surface area contributed by atoms with Gasteiger partial charge in [0, 0.05) is 9.83 Å². The first-order chi connectivity index (χ1) is 6.29. The minimum Gasteiger partial charge on any atom is -0.247 e. The summed E-state index contributed by atoms with van der Waals surface area (Å²) in [5.41, 5.74) is 0. The third-order valence-electron chi connectivity index (χ3n) is 2.77. The highest BCUT2D eigenvalue weighted by molar-refractivity contribution is 9.02. The second-order valence-electron chi connectivity index (χ2n) is 3.66. The number of hydrogen-bond acceptors (Lipinski definition) is 3. The van der Waals surface area contributed by atoms with Crippen molar-refractivity contribution in [3.05, 3.63) is 0 Å². The molecular weight excluding hydrogens is 224 g/mol. The lowest BCUT2D eigenvalue weighted by Gasteiger charge is -2.18. The molecule has 13 heavy (non-hydrogen) atoms. The number of rotatable bonds is 0. The van der Waals surface area contributed by atoms with Gasteiger partial charge in [-0.2, -0.15) is 0 Å². The summed E-state index contributed by atoms with van der Waals surface area (Å²) < 4.78 is 23.1. The third kappa shape index (κ3) is 2.18. The SMILES string of the molecule is O=S1SS(=O)[C@H]2CCCCCC[C@H]21. The highest BCUT2D eigenvalue weighted by Gasteiger charge is 2.40. The average molecular weight is 238 g/mol. The van der Waals surface area contributed by atoms with Gasteiger partial charge >= 0.3 is 0 Å². The standard InChI is InChI=1S/C8H14O2S3/c9-12-7-5-3-1-2-4-6-8(7)13(10)11-12/h7-8H,1-6H2/t7-,8+,12?,13?. The predicted octanol–water partition coefficient (Wildman–Crippen LogP) is 2.15. The van der Waals surface area contributed by atoms with Gasteiger partial charge in [-0.15, -0.1) is 0 Å². The van der Waals surface area contributed by atoms with Crippen molar-refractivity contribution in [2.24, 2.45) is 0 Å². The molecule has 2 unspecified atom stereocenters. The van der Waals surface area contributed by atoms with Crippen molar-refractivity contribution >= 4 is 29.5 Å². The molecule has 2 fully saturated rings. The summed E-state index contributed by atoms with van der Waals surface area (Å²) in [5.74, 6) is 0. The van der Waals surface area contributed by atoms with E-state index in [-0.39, 0.29) is 10.5 Å². The second kappa shape index (κ2) is 4.45. The van der Waals surface area contributed by atoms with Crippen LogP contribution in [0.25, 0.3) is 0 Å². The van der Waals surface area contributed by atoms with Gasteiger partial charge in [-0.25, -0.2) is 8.42 Å². The van der Waals surface area contributed by atoms with Gasteiger partial charge in [-0.1, -0.05) is 25.7 Å². The first-order valence-corrected chi connectivity index (χ1v) is 9.06. The van der Waals surface area contributed by atoms with Crippen LogP contribution in [0.2, 0.25) is 0 Å². The monoisotopic (exact) mass is 238 g/mol. The van der Waals surface area contributed by atoms with E-state index in [1.165, 1.54) is 35.5 Å². The molecule has 0 aromatic carbocycles. The first kappa shape index (κ1) is 10.2. The van der Waals surface area contributed by atoms with Gasteiger partial charge in [0.1, 0.15) is 0 Å². The van der Waals surface area contributed by atoms with E-state index in [1.54, 1.807) is 0 Å². The Labute approximate surface area is 87.0 Å². The van der Waals surface area contributed by atoms with E-state index >= 15 is 0 Å². The predicted molar refractivity (Wildman–Crippen MR) is 59.2 cm³/mol. The maximum Gasteiger partial charge on any atom is 0.0979 e. The molecule has 2 nitrogen and oxygen atoms in total. The van der Waals surface area contributed by atoms with Crippen LogP contribution in [0.1, 0.15) is 38.5 Å². The molecule has 0 bridgehead atoms. The van der Waals surface area contributed by atoms with Crippen LogP contribution in [0.3, 0.4) is 0 Å². The molecule has 0 radical (unpaired) electrons. The van der Waals surface area contributed by atoms with Crippen LogP contribution >= 0.6 is 9.83 Å². The van der Waals surface area contributed by atoms with Crippen molar-refractivity contribution in [3.8, 4) is 0 Å². The van der Waals surface area contributed by atoms with Gasteiger partial charge in [0.2, 0.25) is 0 Å². The van der Waals surface area contributed by atoms with Crippen molar-refractivity contribution in [1.82, 2.24) is 0 Å². The molecule has 0 spiro atoms. The molecule has 1 aliphatic carbocycles. The summed E-state index contributed by atoms with van der Waals surface area (Å²) in [6.07, 6.45) is 6.91. The lowest BCUT2D eigenvalue weighted by molar-refractivity contribution is 0.511. The summed E-state index contributed by atoms with van der Waals surface area (Å²) in [5, 5.41) is 0.456. The number of fused-ring (bicyclic) bond motifs is 1. The van der Waals surface area contributed by atoms with Gasteiger partial charge in [-0.05, 0) is 12.8 Å². The summed E-state index contributed by atoms with van der Waals surface area (Å²) in [7, 11) is -0.555. The van der Waals surface area contributed by atoms with Crippen LogP contribution in [0.4, 0.5) is 0 Å². The van der Waals surface area contributed by atoms with Crippen LogP contribution in [0, 0.1) is 0 Å². The maximum atomic E-state index is 11.6. The average Bonchev–Trinajstić information content (AvgIpc) is 2.25. The van der Waals surface area contributed by atoms with E-state index in [2.05, 4.69) is 0 Å². The molecule has 0 amide bonds.